The molecule has 0 aliphatic rings. The number of carbonyl (C=O) groups is 1. The summed E-state index contributed by atoms with van der Waals surface area (Å²) in [5.41, 5.74) is 0.886. The Labute approximate surface area is 119 Å². The number of nitriles is 1. The number of halogens is 2. The molecule has 0 aliphatic carbocycles. The molecule has 0 radical (unpaired) electrons. The highest BCUT2D eigenvalue weighted by atomic mass is 35.5. The number of rotatable bonds is 3. The van der Waals surface area contributed by atoms with E-state index >= 15 is 0 Å². The lowest BCUT2D eigenvalue weighted by atomic mass is 10.1. The Morgan fingerprint density at radius 1 is 1.30 bits per heavy atom. The summed E-state index contributed by atoms with van der Waals surface area (Å²) in [6.07, 6.45) is 0. The third kappa shape index (κ3) is 2.87. The normalized spacial score (nSPS) is 9.85. The van der Waals surface area contributed by atoms with Crippen molar-refractivity contribution in [1.29, 1.82) is 5.26 Å². The topological polar surface area (TPSA) is 73.1 Å². The van der Waals surface area contributed by atoms with Crippen LogP contribution in [0.2, 0.25) is 5.02 Å². The number of aromatic carboxylic acids is 1. The molecule has 0 unspecified atom stereocenters. The van der Waals surface area contributed by atoms with Crippen molar-refractivity contribution in [2.24, 2.45) is 0 Å². The van der Waals surface area contributed by atoms with Crippen molar-refractivity contribution in [3.05, 3.63) is 58.4 Å². The van der Waals surface area contributed by atoms with Crippen LogP contribution >= 0.6 is 11.6 Å². The van der Waals surface area contributed by atoms with Crippen LogP contribution in [0.1, 0.15) is 15.9 Å². The Morgan fingerprint density at radius 2 is 2.05 bits per heavy atom. The van der Waals surface area contributed by atoms with Crippen LogP contribution in [-0.2, 0) is 0 Å². The van der Waals surface area contributed by atoms with Crippen LogP contribution < -0.4 is 5.32 Å². The molecule has 0 fully saturated rings. The predicted molar refractivity (Wildman–Crippen MR) is 72.8 cm³/mol. The third-order valence-electron chi connectivity index (χ3n) is 2.58. The molecule has 0 amide bonds. The van der Waals surface area contributed by atoms with E-state index in [4.69, 9.17) is 22.0 Å². The van der Waals surface area contributed by atoms with Crippen molar-refractivity contribution < 1.29 is 14.3 Å². The second-order valence-electron chi connectivity index (χ2n) is 3.93. The number of carboxylic acid groups (broad SMARTS) is 1. The zero-order chi connectivity index (χ0) is 14.7. The molecule has 0 heterocycles. The monoisotopic (exact) mass is 290 g/mol. The quantitative estimate of drug-likeness (QED) is 0.902. The van der Waals surface area contributed by atoms with E-state index in [-0.39, 0.29) is 16.1 Å². The van der Waals surface area contributed by atoms with Gasteiger partial charge in [0.25, 0.3) is 0 Å². The number of carboxylic acids is 1. The molecule has 20 heavy (non-hydrogen) atoms. The maximum atomic E-state index is 13.0. The highest BCUT2D eigenvalue weighted by Crippen LogP contribution is 2.25. The van der Waals surface area contributed by atoms with Crippen molar-refractivity contribution in [1.82, 2.24) is 0 Å². The Bertz CT molecular complexity index is 726. The molecule has 4 nitrogen and oxygen atoms in total. The lowest BCUT2D eigenvalue weighted by molar-refractivity contribution is 0.0697. The molecular formula is C14H8ClFN2O2. The zero-order valence-electron chi connectivity index (χ0n) is 10.0. The van der Waals surface area contributed by atoms with E-state index in [2.05, 4.69) is 5.32 Å². The summed E-state index contributed by atoms with van der Waals surface area (Å²) in [6.45, 7) is 0. The summed E-state index contributed by atoms with van der Waals surface area (Å²) in [6, 6.07) is 9.91. The average Bonchev–Trinajstić information content (AvgIpc) is 2.42. The number of anilines is 2. The Morgan fingerprint density at radius 3 is 2.70 bits per heavy atom. The number of benzene rings is 2. The maximum Gasteiger partial charge on any atom is 0.337 e. The van der Waals surface area contributed by atoms with Gasteiger partial charge < -0.3 is 10.4 Å². The van der Waals surface area contributed by atoms with Crippen LogP contribution in [0.4, 0.5) is 15.8 Å². The molecule has 2 aromatic carbocycles. The van der Waals surface area contributed by atoms with Crippen LogP contribution in [0, 0.1) is 17.1 Å². The molecule has 2 aromatic rings. The minimum Gasteiger partial charge on any atom is -0.478 e. The van der Waals surface area contributed by atoms with E-state index in [9.17, 15) is 9.18 Å². The number of nitrogens with zero attached hydrogens (tertiary/aromatic N) is 1. The smallest absolute Gasteiger partial charge is 0.337 e. The SMILES string of the molecule is N#Cc1cc(F)ccc1Nc1ccc(Cl)c(C(=O)O)c1. The van der Waals surface area contributed by atoms with Crippen LogP contribution in [0.15, 0.2) is 36.4 Å². The summed E-state index contributed by atoms with van der Waals surface area (Å²) in [5.74, 6) is -1.67. The fourth-order valence-electron chi connectivity index (χ4n) is 1.64. The van der Waals surface area contributed by atoms with Gasteiger partial charge in [-0.1, -0.05) is 11.6 Å². The van der Waals surface area contributed by atoms with Gasteiger partial charge in [0.05, 0.1) is 21.8 Å². The van der Waals surface area contributed by atoms with E-state index in [1.807, 2.05) is 6.07 Å². The fourth-order valence-corrected chi connectivity index (χ4v) is 1.84. The standard InChI is InChI=1S/C14H8ClFN2O2/c15-12-3-2-10(6-11(12)14(19)20)18-13-4-1-9(16)5-8(13)7-17/h1-6,18H,(H,19,20). The second-order valence-corrected chi connectivity index (χ2v) is 4.33. The van der Waals surface area contributed by atoms with Crippen molar-refractivity contribution in [3.8, 4) is 6.07 Å². The Balaban J connectivity index is 2.38. The summed E-state index contributed by atoms with van der Waals surface area (Å²) in [4.78, 5) is 11.0. The first kappa shape index (κ1) is 13.8. The number of hydrogen-bond acceptors (Lipinski definition) is 3. The molecule has 0 atom stereocenters. The van der Waals surface area contributed by atoms with Crippen molar-refractivity contribution in [2.45, 2.75) is 0 Å². The highest BCUT2D eigenvalue weighted by molar-refractivity contribution is 6.33. The minimum atomic E-state index is -1.15. The molecule has 6 heteroatoms. The second kappa shape index (κ2) is 5.59. The van der Waals surface area contributed by atoms with E-state index < -0.39 is 11.8 Å². The predicted octanol–water partition coefficient (Wildman–Crippen LogP) is 3.79. The van der Waals surface area contributed by atoms with Crippen molar-refractivity contribution >= 4 is 28.9 Å². The Hall–Kier alpha value is -2.58. The van der Waals surface area contributed by atoms with E-state index in [0.717, 1.165) is 6.07 Å². The summed E-state index contributed by atoms with van der Waals surface area (Å²) in [5, 5.41) is 20.9. The van der Waals surface area contributed by atoms with Gasteiger partial charge >= 0.3 is 5.97 Å². The first-order chi connectivity index (χ1) is 9.51. The summed E-state index contributed by atoms with van der Waals surface area (Å²) in [7, 11) is 0. The van der Waals surface area contributed by atoms with Crippen LogP contribution in [0.3, 0.4) is 0 Å². The van der Waals surface area contributed by atoms with Gasteiger partial charge in [-0.3, -0.25) is 0 Å². The van der Waals surface area contributed by atoms with Gasteiger partial charge in [-0.2, -0.15) is 5.26 Å². The molecule has 0 saturated carbocycles. The zero-order valence-corrected chi connectivity index (χ0v) is 10.8. The third-order valence-corrected chi connectivity index (χ3v) is 2.91. The largest absolute Gasteiger partial charge is 0.478 e. The molecule has 100 valence electrons. The van der Waals surface area contributed by atoms with Gasteiger partial charge in [0.2, 0.25) is 0 Å². The van der Waals surface area contributed by atoms with Gasteiger partial charge in [-0.25, -0.2) is 9.18 Å². The highest BCUT2D eigenvalue weighted by Gasteiger charge is 2.10. The molecule has 0 bridgehead atoms. The van der Waals surface area contributed by atoms with E-state index in [1.165, 1.54) is 24.3 Å². The van der Waals surface area contributed by atoms with Gasteiger partial charge in [0, 0.05) is 5.69 Å². The number of nitrogens with one attached hydrogen (secondary N) is 1. The van der Waals surface area contributed by atoms with E-state index in [1.54, 1.807) is 6.07 Å². The lowest BCUT2D eigenvalue weighted by Gasteiger charge is -2.09. The van der Waals surface area contributed by atoms with Crippen LogP contribution in [0.25, 0.3) is 0 Å². The molecule has 2 rings (SSSR count). The van der Waals surface area contributed by atoms with Gasteiger partial charge in [0.1, 0.15) is 11.9 Å². The first-order valence-corrected chi connectivity index (χ1v) is 5.88. The first-order valence-electron chi connectivity index (χ1n) is 5.51. The van der Waals surface area contributed by atoms with E-state index in [0.29, 0.717) is 11.4 Å². The summed E-state index contributed by atoms with van der Waals surface area (Å²) >= 11 is 5.76. The van der Waals surface area contributed by atoms with Gasteiger partial charge in [0.15, 0.2) is 0 Å². The minimum absolute atomic E-state index is 0.0581. The molecule has 0 saturated heterocycles. The average molecular weight is 291 g/mol. The fraction of sp³-hybridized carbons (Fsp3) is 0. The molecule has 0 aromatic heterocycles. The lowest BCUT2D eigenvalue weighted by Crippen LogP contribution is -2.00. The van der Waals surface area contributed by atoms with Gasteiger partial charge in [-0.05, 0) is 36.4 Å². The van der Waals surface area contributed by atoms with Crippen LogP contribution in [-0.4, -0.2) is 11.1 Å². The maximum absolute atomic E-state index is 13.0. The van der Waals surface area contributed by atoms with Crippen molar-refractivity contribution in [3.63, 3.8) is 0 Å². The molecule has 0 spiro atoms. The molecular weight excluding hydrogens is 283 g/mol. The Kier molecular flexibility index (Phi) is 3.87. The molecule has 2 N–H and O–H groups in total. The van der Waals surface area contributed by atoms with Crippen molar-refractivity contribution in [2.75, 3.05) is 5.32 Å². The van der Waals surface area contributed by atoms with Crippen LogP contribution in [0.5, 0.6) is 0 Å². The molecule has 0 aliphatic heterocycles. The number of hydrogen-bond donors (Lipinski definition) is 2. The van der Waals surface area contributed by atoms with Gasteiger partial charge in [-0.15, -0.1) is 0 Å². The summed E-state index contributed by atoms with van der Waals surface area (Å²) < 4.78 is 13.0.